The van der Waals surface area contributed by atoms with Crippen LogP contribution < -0.4 is 16.0 Å². The van der Waals surface area contributed by atoms with E-state index in [0.717, 1.165) is 74.9 Å². The number of halogens is 7. The van der Waals surface area contributed by atoms with E-state index in [2.05, 4.69) is 61.2 Å². The van der Waals surface area contributed by atoms with Gasteiger partial charge in [-0.1, -0.05) is 0 Å². The Hall–Kier alpha value is -2.50. The van der Waals surface area contributed by atoms with Gasteiger partial charge in [0.2, 0.25) is 0 Å². The van der Waals surface area contributed by atoms with Crippen LogP contribution in [0.5, 0.6) is 0 Å². The minimum atomic E-state index is -2.58. The highest BCUT2D eigenvalue weighted by Gasteiger charge is 2.40. The van der Waals surface area contributed by atoms with E-state index in [1.54, 1.807) is 13.5 Å². The van der Waals surface area contributed by atoms with Crippen LogP contribution in [0.3, 0.4) is 0 Å². The molecule has 3 N–H and O–H groups in total. The zero-order valence-corrected chi connectivity index (χ0v) is 42.7. The lowest BCUT2D eigenvalue weighted by Crippen LogP contribution is -2.39. The number of alkyl halides is 6. The maximum atomic E-state index is 13.0. The van der Waals surface area contributed by atoms with Crippen LogP contribution in [0.1, 0.15) is 148 Å². The Morgan fingerprint density at radius 1 is 0.403 bits per heavy atom. The molecule has 6 bridgehead atoms. The SMILES string of the molecule is Cl.FC(F)c1cc([C@@H]2CC[C@@H]3CC[C@H]2N3)n2ncnc2n1.FC(F)c1cc([C@H]2CC[C@H]3CC[C@@H]2N3)n2ncnc2n1.FC(F)c1cc([C@H]2CC[C@H]3CC[C@@H]2N3)n2ncnc2n1.S.S.S.S.S.S. The van der Waals surface area contributed by atoms with Crippen LogP contribution in [0, 0.1) is 0 Å². The number of hydrogen-bond acceptors (Lipinski definition) is 12. The van der Waals surface area contributed by atoms with Crippen LogP contribution in [0.4, 0.5) is 26.3 Å². The first-order valence-corrected chi connectivity index (χ1v) is 20.9. The van der Waals surface area contributed by atoms with Gasteiger partial charge < -0.3 is 16.0 Å². The first-order chi connectivity index (χ1) is 29.2. The second-order valence-electron chi connectivity index (χ2n) is 16.8. The lowest BCUT2D eigenvalue weighted by molar-refractivity contribution is 0.145. The van der Waals surface area contributed by atoms with Crippen molar-refractivity contribution in [2.75, 3.05) is 0 Å². The Bertz CT molecular complexity index is 2220. The average molecular weight is 1080 g/mol. The molecule has 6 aliphatic rings. The molecule has 6 aliphatic heterocycles. The number of nitrogens with one attached hydrogen (secondary N) is 3. The lowest BCUT2D eigenvalue weighted by atomic mass is 9.88. The number of piperidine rings is 3. The van der Waals surface area contributed by atoms with Gasteiger partial charge in [0.25, 0.3) is 36.6 Å². The van der Waals surface area contributed by atoms with Crippen molar-refractivity contribution in [3.05, 3.63) is 71.3 Å². The third-order valence-electron chi connectivity index (χ3n) is 13.5. The zero-order valence-electron chi connectivity index (χ0n) is 35.9. The Labute approximate surface area is 430 Å². The fourth-order valence-electron chi connectivity index (χ4n) is 10.7. The number of nitrogens with zero attached hydrogens (tertiary/aromatic N) is 12. The fourth-order valence-corrected chi connectivity index (χ4v) is 10.7. The van der Waals surface area contributed by atoms with E-state index in [1.165, 1.54) is 56.4 Å². The van der Waals surface area contributed by atoms with Crippen molar-refractivity contribution in [3.63, 3.8) is 0 Å². The Kier molecular flexibility index (Phi) is 22.0. The predicted octanol–water partition coefficient (Wildman–Crippen LogP) is 7.28. The highest BCUT2D eigenvalue weighted by atomic mass is 35.5. The van der Waals surface area contributed by atoms with Crippen LogP contribution in [0.15, 0.2) is 37.2 Å². The number of rotatable bonds is 6. The van der Waals surface area contributed by atoms with Crippen LogP contribution >= 0.6 is 93.4 Å². The number of aromatic nitrogens is 12. The highest BCUT2D eigenvalue weighted by Crippen LogP contribution is 2.41. The van der Waals surface area contributed by atoms with Crippen molar-refractivity contribution < 1.29 is 26.3 Å². The van der Waals surface area contributed by atoms with Gasteiger partial charge in [-0.05, 0) is 95.2 Å². The van der Waals surface area contributed by atoms with E-state index in [1.807, 2.05) is 0 Å². The van der Waals surface area contributed by atoms with Gasteiger partial charge in [0, 0.05) is 54.0 Å². The van der Waals surface area contributed by atoms with Crippen molar-refractivity contribution in [2.45, 2.75) is 150 Å². The van der Waals surface area contributed by atoms with Crippen molar-refractivity contribution in [1.29, 1.82) is 0 Å². The quantitative estimate of drug-likeness (QED) is 0.143. The van der Waals surface area contributed by atoms with Gasteiger partial charge in [-0.3, -0.25) is 0 Å². The van der Waals surface area contributed by atoms with E-state index in [0.29, 0.717) is 36.3 Å². The summed E-state index contributed by atoms with van der Waals surface area (Å²) in [6.45, 7) is 0. The third kappa shape index (κ3) is 12.0. The smallest absolute Gasteiger partial charge is 0.280 e. The molecular formula is C39H58ClF6N15S6. The largest absolute Gasteiger partial charge is 0.311 e. The minimum Gasteiger partial charge on any atom is -0.311 e. The predicted molar refractivity (Wildman–Crippen MR) is 273 cm³/mol. The van der Waals surface area contributed by atoms with Gasteiger partial charge in [0.05, 0.1) is 17.1 Å². The monoisotopic (exact) mass is 1080 g/mol. The molecule has 374 valence electrons. The van der Waals surface area contributed by atoms with E-state index in [9.17, 15) is 26.3 Å². The average Bonchev–Trinajstić information content (AvgIpc) is 4.12. The molecule has 0 amide bonds. The molecule has 0 saturated carbocycles. The molecule has 0 aliphatic carbocycles. The van der Waals surface area contributed by atoms with Crippen LogP contribution in [-0.2, 0) is 0 Å². The van der Waals surface area contributed by atoms with Crippen molar-refractivity contribution in [1.82, 2.24) is 74.7 Å². The summed E-state index contributed by atoms with van der Waals surface area (Å²) in [5.41, 5.74) is 1.80. The first-order valence-electron chi connectivity index (χ1n) is 20.9. The summed E-state index contributed by atoms with van der Waals surface area (Å²) >= 11 is 0. The zero-order chi connectivity index (χ0) is 41.1. The third-order valence-corrected chi connectivity index (χ3v) is 13.5. The summed E-state index contributed by atoms with van der Waals surface area (Å²) in [7, 11) is 0. The van der Waals surface area contributed by atoms with Gasteiger partial charge in [-0.25, -0.2) is 54.8 Å². The normalized spacial score (nSPS) is 26.4. The second-order valence-corrected chi connectivity index (χ2v) is 16.8. The molecule has 9 atom stereocenters. The van der Waals surface area contributed by atoms with E-state index in [4.69, 9.17) is 0 Å². The first kappa shape index (κ1) is 58.8. The maximum Gasteiger partial charge on any atom is 0.280 e. The summed E-state index contributed by atoms with van der Waals surface area (Å²) in [5.74, 6) is 1.41. The van der Waals surface area contributed by atoms with Crippen molar-refractivity contribution >= 4 is 111 Å². The topological polar surface area (TPSA) is 165 Å². The molecule has 6 saturated heterocycles. The summed E-state index contributed by atoms with van der Waals surface area (Å²) in [4.78, 5) is 23.5. The van der Waals surface area contributed by atoms with Crippen molar-refractivity contribution in [2.24, 2.45) is 0 Å². The number of fused-ring (bicyclic) bond motifs is 9. The molecule has 12 rings (SSSR count). The van der Waals surface area contributed by atoms with Gasteiger partial charge in [0.1, 0.15) is 36.1 Å². The molecule has 6 fully saturated rings. The van der Waals surface area contributed by atoms with E-state index < -0.39 is 19.3 Å². The van der Waals surface area contributed by atoms with Crippen LogP contribution in [-0.4, -0.2) is 95.0 Å². The summed E-state index contributed by atoms with van der Waals surface area (Å²) in [6.07, 6.45) is 9.45. The van der Waals surface area contributed by atoms with Crippen molar-refractivity contribution in [3.8, 4) is 0 Å². The molecule has 0 spiro atoms. The standard InChI is InChI=1S/3C13H15F2N5.ClH.6H2S/c3*14-12(15)10-5-11(20-13(19-10)16-6-17-20)8-3-1-7-2-4-9(8)18-7;;;;;;;/h3*5-9,12,18H,1-4H2;1H;6*1H2/t3*7-,8-,9-;;;;;;;/m100......./s1. The Morgan fingerprint density at radius 2 is 0.657 bits per heavy atom. The summed E-state index contributed by atoms with van der Waals surface area (Å²) in [5, 5.41) is 23.2. The maximum absolute atomic E-state index is 13.0. The van der Waals surface area contributed by atoms with Crippen LogP contribution in [0.2, 0.25) is 0 Å². The summed E-state index contributed by atoms with van der Waals surface area (Å²) in [6, 6.07) is 7.35. The fraction of sp³-hybridized carbons (Fsp3) is 0.615. The molecule has 0 unspecified atom stereocenters. The molecular weight excluding hydrogens is 1020 g/mol. The lowest BCUT2D eigenvalue weighted by Gasteiger charge is -2.30. The molecule has 6 aromatic rings. The Morgan fingerprint density at radius 3 is 0.910 bits per heavy atom. The summed E-state index contributed by atoms with van der Waals surface area (Å²) < 4.78 is 82.8. The molecule has 15 nitrogen and oxygen atoms in total. The molecule has 67 heavy (non-hydrogen) atoms. The van der Waals surface area contributed by atoms with E-state index in [-0.39, 0.29) is 146 Å². The highest BCUT2D eigenvalue weighted by molar-refractivity contribution is 7.60. The van der Waals surface area contributed by atoms with Crippen LogP contribution in [0.25, 0.3) is 17.3 Å². The molecule has 0 radical (unpaired) electrons. The second kappa shape index (κ2) is 25.1. The Balaban J connectivity index is 0.000000253. The molecule has 0 aromatic carbocycles. The van der Waals surface area contributed by atoms with Gasteiger partial charge in [-0.2, -0.15) is 111 Å². The minimum absolute atomic E-state index is 0. The molecule has 6 aromatic heterocycles. The number of hydrogen-bond donors (Lipinski definition) is 3. The molecule has 28 heteroatoms. The molecule has 12 heterocycles. The van der Waals surface area contributed by atoms with Gasteiger partial charge in [0.15, 0.2) is 0 Å². The van der Waals surface area contributed by atoms with Gasteiger partial charge >= 0.3 is 0 Å². The van der Waals surface area contributed by atoms with Gasteiger partial charge in [-0.15, -0.1) is 12.4 Å². The van der Waals surface area contributed by atoms with E-state index >= 15 is 0 Å².